The predicted octanol–water partition coefficient (Wildman–Crippen LogP) is -0.656. The molecule has 1 saturated heterocycles. The molecular formula is C6H12O6S. The van der Waals surface area contributed by atoms with Crippen LogP contribution in [0.1, 0.15) is 13.8 Å². The van der Waals surface area contributed by atoms with Gasteiger partial charge in [0.15, 0.2) is 5.79 Å². The summed E-state index contributed by atoms with van der Waals surface area (Å²) in [5.41, 5.74) is -1.95. The smallest absolute Gasteiger partial charge is 0.294 e. The van der Waals surface area contributed by atoms with Gasteiger partial charge in [-0.25, -0.2) is 0 Å². The quantitative estimate of drug-likeness (QED) is 0.590. The van der Waals surface area contributed by atoms with Crippen LogP contribution in [0.4, 0.5) is 0 Å². The second-order valence-electron chi connectivity index (χ2n) is 3.27. The van der Waals surface area contributed by atoms with Crippen LogP contribution < -0.4 is 0 Å². The average molecular weight is 212 g/mol. The van der Waals surface area contributed by atoms with Crippen molar-refractivity contribution in [3.8, 4) is 0 Å². The summed E-state index contributed by atoms with van der Waals surface area (Å²) in [7, 11) is -4.49. The van der Waals surface area contributed by atoms with Crippen LogP contribution in [-0.2, 0) is 19.6 Å². The Labute approximate surface area is 76.2 Å². The molecule has 0 saturated carbocycles. The average Bonchev–Trinajstić information content (AvgIpc) is 2.26. The van der Waals surface area contributed by atoms with Crippen LogP contribution in [0.15, 0.2) is 0 Å². The van der Waals surface area contributed by atoms with Gasteiger partial charge in [-0.2, -0.15) is 8.42 Å². The van der Waals surface area contributed by atoms with Crippen molar-refractivity contribution >= 4 is 10.1 Å². The summed E-state index contributed by atoms with van der Waals surface area (Å²) < 4.78 is 39.5. The molecule has 13 heavy (non-hydrogen) atoms. The lowest BCUT2D eigenvalue weighted by Crippen LogP contribution is -2.36. The van der Waals surface area contributed by atoms with E-state index in [1.165, 1.54) is 0 Å². The van der Waals surface area contributed by atoms with E-state index in [-0.39, 0.29) is 6.61 Å². The second kappa shape index (κ2) is 3.18. The lowest BCUT2D eigenvalue weighted by atomic mass is 10.4. The monoisotopic (exact) mass is 212 g/mol. The summed E-state index contributed by atoms with van der Waals surface area (Å²) in [5, 5.41) is 9.07. The number of aliphatic hydroxyl groups is 1. The van der Waals surface area contributed by atoms with Gasteiger partial charge in [0.2, 0.25) is 5.44 Å². The maximum absolute atomic E-state index is 10.5. The lowest BCUT2D eigenvalue weighted by molar-refractivity contribution is -0.145. The Balaban J connectivity index is 2.67. The SMILES string of the molecule is CC1(C)OCC(C(O)S(=O)(=O)O)O1. The molecule has 1 aliphatic rings. The third-order valence-corrected chi connectivity index (χ3v) is 2.57. The van der Waals surface area contributed by atoms with E-state index in [1.54, 1.807) is 13.8 Å². The van der Waals surface area contributed by atoms with Crippen molar-refractivity contribution in [1.29, 1.82) is 0 Å². The fourth-order valence-corrected chi connectivity index (χ4v) is 1.57. The molecule has 0 aromatic rings. The minimum atomic E-state index is -4.49. The first-order chi connectivity index (χ1) is 5.72. The molecule has 1 rings (SSSR count). The highest BCUT2D eigenvalue weighted by Gasteiger charge is 2.41. The van der Waals surface area contributed by atoms with Crippen molar-refractivity contribution in [2.75, 3.05) is 6.61 Å². The standard InChI is InChI=1S/C6H12O6S/c1-6(2)11-3-4(12-6)5(7)13(8,9)10/h4-5,7H,3H2,1-2H3,(H,8,9,10). The van der Waals surface area contributed by atoms with Crippen LogP contribution in [0, 0.1) is 0 Å². The largest absolute Gasteiger partial charge is 0.373 e. The Kier molecular flexibility index (Phi) is 2.65. The highest BCUT2D eigenvalue weighted by Crippen LogP contribution is 2.25. The molecular weight excluding hydrogens is 200 g/mol. The first kappa shape index (κ1) is 10.9. The summed E-state index contributed by atoms with van der Waals surface area (Å²) in [6.07, 6.45) is -1.04. The molecule has 0 amide bonds. The fraction of sp³-hybridized carbons (Fsp3) is 1.00. The zero-order chi connectivity index (χ0) is 10.3. The molecule has 0 spiro atoms. The van der Waals surface area contributed by atoms with Gasteiger partial charge in [0.1, 0.15) is 6.10 Å². The van der Waals surface area contributed by atoms with Crippen molar-refractivity contribution < 1.29 is 27.6 Å². The zero-order valence-corrected chi connectivity index (χ0v) is 8.11. The number of hydrogen-bond acceptors (Lipinski definition) is 5. The topological polar surface area (TPSA) is 93.1 Å². The van der Waals surface area contributed by atoms with E-state index in [9.17, 15) is 8.42 Å². The molecule has 2 unspecified atom stereocenters. The Morgan fingerprint density at radius 3 is 2.38 bits per heavy atom. The van der Waals surface area contributed by atoms with Crippen molar-refractivity contribution in [3.63, 3.8) is 0 Å². The van der Waals surface area contributed by atoms with Crippen molar-refractivity contribution in [3.05, 3.63) is 0 Å². The first-order valence-electron chi connectivity index (χ1n) is 3.68. The van der Waals surface area contributed by atoms with Crippen molar-refractivity contribution in [1.82, 2.24) is 0 Å². The Hall–Kier alpha value is -0.210. The van der Waals surface area contributed by atoms with Crippen molar-refractivity contribution in [2.24, 2.45) is 0 Å². The predicted molar refractivity (Wildman–Crippen MR) is 42.5 cm³/mol. The van der Waals surface area contributed by atoms with Gasteiger partial charge in [-0.05, 0) is 13.8 Å². The van der Waals surface area contributed by atoms with Crippen LogP contribution in [0.5, 0.6) is 0 Å². The molecule has 6 nitrogen and oxygen atoms in total. The van der Waals surface area contributed by atoms with Gasteiger partial charge in [0, 0.05) is 0 Å². The summed E-state index contributed by atoms with van der Waals surface area (Å²) in [5.74, 6) is -0.920. The van der Waals surface area contributed by atoms with Gasteiger partial charge in [-0.3, -0.25) is 4.55 Å². The van der Waals surface area contributed by atoms with Gasteiger partial charge >= 0.3 is 0 Å². The normalized spacial score (nSPS) is 30.3. The minimum Gasteiger partial charge on any atom is -0.373 e. The van der Waals surface area contributed by atoms with Gasteiger partial charge in [-0.1, -0.05) is 0 Å². The van der Waals surface area contributed by atoms with E-state index in [1.807, 2.05) is 0 Å². The second-order valence-corrected chi connectivity index (χ2v) is 4.79. The van der Waals surface area contributed by atoms with E-state index in [4.69, 9.17) is 19.1 Å². The molecule has 0 radical (unpaired) electrons. The third kappa shape index (κ3) is 2.61. The van der Waals surface area contributed by atoms with Crippen LogP contribution in [0.25, 0.3) is 0 Å². The molecule has 0 aromatic heterocycles. The van der Waals surface area contributed by atoms with Gasteiger partial charge in [0.25, 0.3) is 10.1 Å². The fourth-order valence-electron chi connectivity index (χ4n) is 1.05. The van der Waals surface area contributed by atoms with E-state index in [0.717, 1.165) is 0 Å². The van der Waals surface area contributed by atoms with Gasteiger partial charge in [-0.15, -0.1) is 0 Å². The van der Waals surface area contributed by atoms with Crippen LogP contribution >= 0.6 is 0 Å². The molecule has 1 heterocycles. The molecule has 2 N–H and O–H groups in total. The molecule has 0 bridgehead atoms. The van der Waals surface area contributed by atoms with Gasteiger partial charge in [0.05, 0.1) is 6.61 Å². The number of ether oxygens (including phenoxy) is 2. The third-order valence-electron chi connectivity index (χ3n) is 1.65. The molecule has 0 aliphatic carbocycles. The van der Waals surface area contributed by atoms with Crippen molar-refractivity contribution in [2.45, 2.75) is 31.2 Å². The first-order valence-corrected chi connectivity index (χ1v) is 5.19. The highest BCUT2D eigenvalue weighted by atomic mass is 32.2. The summed E-state index contributed by atoms with van der Waals surface area (Å²) in [6.45, 7) is 3.11. The zero-order valence-electron chi connectivity index (χ0n) is 7.30. The molecule has 7 heteroatoms. The molecule has 78 valence electrons. The summed E-state index contributed by atoms with van der Waals surface area (Å²) in [4.78, 5) is 0. The lowest BCUT2D eigenvalue weighted by Gasteiger charge is -2.18. The van der Waals surface area contributed by atoms with Gasteiger partial charge < -0.3 is 14.6 Å². The Morgan fingerprint density at radius 2 is 2.08 bits per heavy atom. The molecule has 1 aliphatic heterocycles. The Bertz CT molecular complexity index is 281. The minimum absolute atomic E-state index is 0.0616. The number of aliphatic hydroxyl groups excluding tert-OH is 1. The van der Waals surface area contributed by atoms with E-state index in [0.29, 0.717) is 0 Å². The maximum Gasteiger partial charge on any atom is 0.294 e. The van der Waals surface area contributed by atoms with Crippen LogP contribution in [0.2, 0.25) is 0 Å². The summed E-state index contributed by atoms with van der Waals surface area (Å²) >= 11 is 0. The van der Waals surface area contributed by atoms with Crippen LogP contribution in [-0.4, -0.2) is 42.0 Å². The maximum atomic E-state index is 10.5. The number of rotatable bonds is 2. The van der Waals surface area contributed by atoms with E-state index >= 15 is 0 Å². The van der Waals surface area contributed by atoms with E-state index in [2.05, 4.69) is 0 Å². The highest BCUT2D eigenvalue weighted by molar-refractivity contribution is 7.86. The Morgan fingerprint density at radius 1 is 1.54 bits per heavy atom. The number of hydrogen-bond donors (Lipinski definition) is 2. The van der Waals surface area contributed by atoms with Crippen LogP contribution in [0.3, 0.4) is 0 Å². The summed E-state index contributed by atoms with van der Waals surface area (Å²) in [6, 6.07) is 0. The van der Waals surface area contributed by atoms with E-state index < -0.39 is 27.4 Å². The molecule has 2 atom stereocenters. The molecule has 0 aromatic carbocycles. The molecule has 1 fully saturated rings.